The van der Waals surface area contributed by atoms with Gasteiger partial charge in [0.2, 0.25) is 15.9 Å². The highest BCUT2D eigenvalue weighted by molar-refractivity contribution is 7.91. The summed E-state index contributed by atoms with van der Waals surface area (Å²) in [5.74, 6) is -0.887. The number of hydrogen-bond acceptors (Lipinski definition) is 6. The van der Waals surface area contributed by atoms with Crippen LogP contribution in [0.1, 0.15) is 52.9 Å². The van der Waals surface area contributed by atoms with Crippen molar-refractivity contribution in [2.75, 3.05) is 12.0 Å². The minimum absolute atomic E-state index is 0.227. The summed E-state index contributed by atoms with van der Waals surface area (Å²) < 4.78 is 64.5. The topological polar surface area (TPSA) is 130 Å². The van der Waals surface area contributed by atoms with Gasteiger partial charge in [-0.15, -0.1) is 0 Å². The lowest BCUT2D eigenvalue weighted by molar-refractivity contribution is -0.124. The molecule has 0 aromatic heterocycles. The normalized spacial score (nSPS) is 24.2. The Morgan fingerprint density at radius 3 is 2.29 bits per heavy atom. The molecule has 0 aliphatic heterocycles. The number of hydrogen-bond donors (Lipinski definition) is 3. The molecular formula is C23H37FN2O6S2. The summed E-state index contributed by atoms with van der Waals surface area (Å²) in [6.45, 7) is 6.17. The molecule has 1 saturated carbocycles. The molecule has 1 amide bonds. The van der Waals surface area contributed by atoms with Crippen molar-refractivity contribution in [1.82, 2.24) is 10.0 Å². The van der Waals surface area contributed by atoms with Gasteiger partial charge in [-0.25, -0.2) is 25.9 Å². The summed E-state index contributed by atoms with van der Waals surface area (Å²) in [7, 11) is -8.03. The Balaban J connectivity index is 2.14. The fraction of sp³-hybridized carbons (Fsp3) is 0.696. The van der Waals surface area contributed by atoms with Gasteiger partial charge in [-0.05, 0) is 67.7 Å². The molecule has 1 aromatic rings. The fourth-order valence-electron chi connectivity index (χ4n) is 4.69. The van der Waals surface area contributed by atoms with Gasteiger partial charge in [-0.1, -0.05) is 27.2 Å². The van der Waals surface area contributed by atoms with Crippen molar-refractivity contribution in [3.8, 4) is 0 Å². The van der Waals surface area contributed by atoms with Gasteiger partial charge in [0.15, 0.2) is 9.84 Å². The van der Waals surface area contributed by atoms with Gasteiger partial charge in [0.05, 0.1) is 29.0 Å². The van der Waals surface area contributed by atoms with E-state index in [2.05, 4.69) is 23.9 Å². The number of aliphatic hydroxyl groups excluding tert-OH is 1. The Labute approximate surface area is 202 Å². The van der Waals surface area contributed by atoms with Crippen LogP contribution >= 0.6 is 0 Å². The minimum Gasteiger partial charge on any atom is -0.391 e. The van der Waals surface area contributed by atoms with Crippen molar-refractivity contribution in [3.63, 3.8) is 0 Å². The molecule has 194 valence electrons. The highest BCUT2D eigenvalue weighted by Crippen LogP contribution is 2.36. The van der Waals surface area contributed by atoms with Gasteiger partial charge in [-0.3, -0.25) is 4.79 Å². The largest absolute Gasteiger partial charge is 0.391 e. The molecule has 6 atom stereocenters. The average Bonchev–Trinajstić information content (AvgIpc) is 2.72. The third-order valence-electron chi connectivity index (χ3n) is 6.62. The number of amides is 1. The maximum atomic E-state index is 13.2. The average molecular weight is 521 g/mol. The molecule has 34 heavy (non-hydrogen) atoms. The van der Waals surface area contributed by atoms with Crippen LogP contribution in [0.25, 0.3) is 0 Å². The first-order chi connectivity index (χ1) is 15.7. The molecule has 0 bridgehead atoms. The predicted molar refractivity (Wildman–Crippen MR) is 129 cm³/mol. The zero-order valence-corrected chi connectivity index (χ0v) is 21.8. The fourth-order valence-corrected chi connectivity index (χ4v) is 6.92. The highest BCUT2D eigenvalue weighted by atomic mass is 32.2. The molecule has 0 heterocycles. The summed E-state index contributed by atoms with van der Waals surface area (Å²) in [6.07, 6.45) is 4.05. The van der Waals surface area contributed by atoms with Crippen LogP contribution in [0.3, 0.4) is 0 Å². The predicted octanol–water partition coefficient (Wildman–Crippen LogP) is 2.24. The molecule has 1 aliphatic rings. The zero-order chi connectivity index (χ0) is 25.7. The molecule has 3 N–H and O–H groups in total. The first-order valence-electron chi connectivity index (χ1n) is 11.7. The van der Waals surface area contributed by atoms with Crippen LogP contribution in [-0.4, -0.2) is 58.0 Å². The maximum absolute atomic E-state index is 13.2. The lowest BCUT2D eigenvalue weighted by Crippen LogP contribution is -2.54. The summed E-state index contributed by atoms with van der Waals surface area (Å²) in [4.78, 5) is 12.8. The Morgan fingerprint density at radius 1 is 1.15 bits per heavy atom. The van der Waals surface area contributed by atoms with E-state index in [1.54, 1.807) is 6.92 Å². The van der Waals surface area contributed by atoms with Crippen LogP contribution in [-0.2, 0) is 24.7 Å². The zero-order valence-electron chi connectivity index (χ0n) is 20.2. The number of halogens is 1. The first-order valence-corrected chi connectivity index (χ1v) is 15.2. The van der Waals surface area contributed by atoms with E-state index in [4.69, 9.17) is 0 Å². The molecule has 0 radical (unpaired) electrons. The molecule has 0 spiro atoms. The molecule has 1 aromatic carbocycles. The summed E-state index contributed by atoms with van der Waals surface area (Å²) >= 11 is 0. The molecule has 11 heteroatoms. The van der Waals surface area contributed by atoms with E-state index < -0.39 is 55.5 Å². The van der Waals surface area contributed by atoms with Gasteiger partial charge >= 0.3 is 0 Å². The van der Waals surface area contributed by atoms with Crippen molar-refractivity contribution in [3.05, 3.63) is 30.1 Å². The van der Waals surface area contributed by atoms with Crippen molar-refractivity contribution < 1.29 is 31.1 Å². The molecule has 2 rings (SSSR count). The van der Waals surface area contributed by atoms with Crippen LogP contribution in [0.4, 0.5) is 4.39 Å². The number of sulfonamides is 1. The number of benzene rings is 1. The minimum atomic E-state index is -4.11. The summed E-state index contributed by atoms with van der Waals surface area (Å²) in [6, 6.07) is 1.80. The van der Waals surface area contributed by atoms with E-state index in [-0.39, 0.29) is 4.90 Å². The first kappa shape index (κ1) is 28.7. The van der Waals surface area contributed by atoms with Crippen LogP contribution in [0, 0.1) is 23.6 Å². The lowest BCUT2D eigenvalue weighted by Gasteiger charge is -2.35. The van der Waals surface area contributed by atoms with Crippen molar-refractivity contribution in [1.29, 1.82) is 0 Å². The molecular weight excluding hydrogens is 483 g/mol. The quantitative estimate of drug-likeness (QED) is 0.384. The Bertz CT molecular complexity index is 1030. The number of rotatable bonds is 11. The van der Waals surface area contributed by atoms with E-state index in [9.17, 15) is 31.1 Å². The Kier molecular flexibility index (Phi) is 10.1. The summed E-state index contributed by atoms with van der Waals surface area (Å²) in [5.41, 5.74) is 0. The van der Waals surface area contributed by atoms with Crippen molar-refractivity contribution in [2.45, 2.75) is 76.0 Å². The number of carbonyl (C=O) groups excluding carboxylic acids is 1. The van der Waals surface area contributed by atoms with Gasteiger partial charge in [0.25, 0.3) is 0 Å². The third-order valence-corrected chi connectivity index (χ3v) is 9.09. The summed E-state index contributed by atoms with van der Waals surface area (Å²) in [5, 5.41) is 13.5. The molecule has 0 saturated heterocycles. The third kappa shape index (κ3) is 8.58. The second-order valence-corrected chi connectivity index (χ2v) is 13.5. The van der Waals surface area contributed by atoms with E-state index in [1.165, 1.54) is 0 Å². The second kappa shape index (κ2) is 11.9. The Morgan fingerprint density at radius 2 is 1.76 bits per heavy atom. The van der Waals surface area contributed by atoms with E-state index in [1.807, 2.05) is 0 Å². The standard InChI is InChI=1S/C23H37FN2O6S2/c1-5-20(22(27)13-17-7-6-15(2)12-16(17)3)25-23(28)21(26-33(4,29)30)14-34(31,32)19-10-8-18(24)9-11-19/h8-11,15-17,20-22,26-27H,5-7,12-14H2,1-4H3,(H,25,28)/t15?,16?,17?,20-,21+,22+/m0/s1. The van der Waals surface area contributed by atoms with E-state index >= 15 is 0 Å². The number of carbonyl (C=O) groups is 1. The van der Waals surface area contributed by atoms with E-state index in [0.29, 0.717) is 30.6 Å². The van der Waals surface area contributed by atoms with Gasteiger partial charge in [0, 0.05) is 0 Å². The van der Waals surface area contributed by atoms with Crippen molar-refractivity contribution >= 4 is 25.8 Å². The molecule has 3 unspecified atom stereocenters. The smallest absolute Gasteiger partial charge is 0.239 e. The monoisotopic (exact) mass is 520 g/mol. The van der Waals surface area contributed by atoms with Gasteiger partial charge in [-0.2, -0.15) is 0 Å². The molecule has 1 fully saturated rings. The maximum Gasteiger partial charge on any atom is 0.239 e. The van der Waals surface area contributed by atoms with Crippen LogP contribution in [0.15, 0.2) is 29.2 Å². The van der Waals surface area contributed by atoms with Gasteiger partial charge < -0.3 is 10.4 Å². The Hall–Kier alpha value is -1.56. The highest BCUT2D eigenvalue weighted by Gasteiger charge is 2.33. The lowest BCUT2D eigenvalue weighted by atomic mass is 9.73. The van der Waals surface area contributed by atoms with Crippen LogP contribution in [0.2, 0.25) is 0 Å². The van der Waals surface area contributed by atoms with Crippen LogP contribution < -0.4 is 10.0 Å². The molecule has 1 aliphatic carbocycles. The second-order valence-electron chi connectivity index (χ2n) is 9.66. The number of nitrogens with one attached hydrogen (secondary N) is 2. The number of aliphatic hydroxyl groups is 1. The SMILES string of the molecule is CC[C@H](NC(=O)[C@@H](CS(=O)(=O)c1ccc(F)cc1)NS(C)(=O)=O)[C@H](O)CC1CCC(C)CC1C. The van der Waals surface area contributed by atoms with Crippen LogP contribution in [0.5, 0.6) is 0 Å². The van der Waals surface area contributed by atoms with Gasteiger partial charge in [0.1, 0.15) is 11.9 Å². The molecule has 8 nitrogen and oxygen atoms in total. The van der Waals surface area contributed by atoms with Crippen molar-refractivity contribution in [2.24, 2.45) is 17.8 Å². The number of sulfone groups is 1. The van der Waals surface area contributed by atoms with E-state index in [0.717, 1.165) is 49.8 Å².